The van der Waals surface area contributed by atoms with Crippen molar-refractivity contribution in [2.24, 2.45) is 0 Å². The molecule has 2 rings (SSSR count). The molecule has 0 aromatic heterocycles. The molecule has 0 saturated carbocycles. The van der Waals surface area contributed by atoms with Crippen LogP contribution in [-0.2, 0) is 30.8 Å². The molecular formula is C19H20Cl2N2O5S. The minimum absolute atomic E-state index is 0.0313. The van der Waals surface area contributed by atoms with Crippen molar-refractivity contribution in [2.75, 3.05) is 18.5 Å². The molecule has 0 saturated heterocycles. The van der Waals surface area contributed by atoms with Crippen molar-refractivity contribution in [3.63, 3.8) is 0 Å². The van der Waals surface area contributed by atoms with Gasteiger partial charge in [0.2, 0.25) is 10.0 Å². The second-order valence-electron chi connectivity index (χ2n) is 5.96. The Morgan fingerprint density at radius 3 is 2.24 bits per heavy atom. The first-order valence-electron chi connectivity index (χ1n) is 8.71. The van der Waals surface area contributed by atoms with Crippen LogP contribution in [0.1, 0.15) is 18.9 Å². The van der Waals surface area contributed by atoms with Crippen LogP contribution in [0.5, 0.6) is 0 Å². The number of anilines is 1. The first-order chi connectivity index (χ1) is 13.7. The number of nitrogens with one attached hydrogen (secondary N) is 2. The second kappa shape index (κ2) is 10.6. The molecule has 0 fully saturated rings. The van der Waals surface area contributed by atoms with E-state index in [-0.39, 0.29) is 27.9 Å². The van der Waals surface area contributed by atoms with Gasteiger partial charge in [0.15, 0.2) is 6.61 Å². The summed E-state index contributed by atoms with van der Waals surface area (Å²) in [7, 11) is -4.00. The molecule has 0 aliphatic rings. The van der Waals surface area contributed by atoms with Gasteiger partial charge in [0.05, 0.1) is 16.5 Å². The highest BCUT2D eigenvalue weighted by molar-refractivity contribution is 7.89. The second-order valence-corrected chi connectivity index (χ2v) is 8.48. The lowest BCUT2D eigenvalue weighted by Crippen LogP contribution is -2.28. The van der Waals surface area contributed by atoms with Crippen LogP contribution in [0, 0.1) is 0 Å². The van der Waals surface area contributed by atoms with E-state index in [4.69, 9.17) is 27.9 Å². The Balaban J connectivity index is 1.77. The van der Waals surface area contributed by atoms with Crippen molar-refractivity contribution in [3.8, 4) is 0 Å². The molecule has 0 aliphatic carbocycles. The van der Waals surface area contributed by atoms with Crippen molar-refractivity contribution in [3.05, 3.63) is 58.1 Å². The standard InChI is InChI=1S/C19H20Cl2N2O5S/c1-2-13-6-8-14(9-7-13)23-17(24)12-28-18(25)10-11-22-29(26,27)19-15(20)4-3-5-16(19)21/h3-9,22H,2,10-12H2,1H3,(H,23,24). The van der Waals surface area contributed by atoms with E-state index in [1.165, 1.54) is 18.2 Å². The summed E-state index contributed by atoms with van der Waals surface area (Å²) in [6.45, 7) is 1.32. The van der Waals surface area contributed by atoms with Crippen molar-refractivity contribution < 1.29 is 22.7 Å². The third-order valence-electron chi connectivity index (χ3n) is 3.82. The number of sulfonamides is 1. The minimum atomic E-state index is -4.00. The monoisotopic (exact) mass is 458 g/mol. The maximum absolute atomic E-state index is 12.3. The highest BCUT2D eigenvalue weighted by Crippen LogP contribution is 2.28. The molecule has 29 heavy (non-hydrogen) atoms. The highest BCUT2D eigenvalue weighted by Gasteiger charge is 2.21. The van der Waals surface area contributed by atoms with Crippen LogP contribution in [0.2, 0.25) is 10.0 Å². The molecule has 2 aromatic rings. The van der Waals surface area contributed by atoms with Gasteiger partial charge in [-0.2, -0.15) is 0 Å². The largest absolute Gasteiger partial charge is 0.456 e. The first kappa shape index (κ1) is 23.2. The summed E-state index contributed by atoms with van der Waals surface area (Å²) in [6.07, 6.45) is 0.623. The van der Waals surface area contributed by atoms with E-state index in [1.807, 2.05) is 19.1 Å². The number of carbonyl (C=O) groups is 2. The first-order valence-corrected chi connectivity index (χ1v) is 10.9. The van der Waals surface area contributed by atoms with Crippen molar-refractivity contribution in [1.29, 1.82) is 0 Å². The van der Waals surface area contributed by atoms with Crippen LogP contribution in [0.3, 0.4) is 0 Å². The highest BCUT2D eigenvalue weighted by atomic mass is 35.5. The summed E-state index contributed by atoms with van der Waals surface area (Å²) in [6, 6.07) is 11.6. The normalized spacial score (nSPS) is 11.1. The van der Waals surface area contributed by atoms with Crippen LogP contribution < -0.4 is 10.0 Å². The number of carbonyl (C=O) groups excluding carboxylic acids is 2. The quantitative estimate of drug-likeness (QED) is 0.560. The predicted molar refractivity (Wildman–Crippen MR) is 112 cm³/mol. The van der Waals surface area contributed by atoms with Gasteiger partial charge in [0.25, 0.3) is 5.91 Å². The topological polar surface area (TPSA) is 102 Å². The average Bonchev–Trinajstić information content (AvgIpc) is 2.66. The van der Waals surface area contributed by atoms with E-state index < -0.39 is 28.5 Å². The Labute approximate surface area is 179 Å². The van der Waals surface area contributed by atoms with E-state index in [0.717, 1.165) is 12.0 Å². The number of esters is 1. The van der Waals surface area contributed by atoms with Gasteiger partial charge in [0, 0.05) is 12.2 Å². The van der Waals surface area contributed by atoms with Gasteiger partial charge in [-0.05, 0) is 36.2 Å². The summed E-state index contributed by atoms with van der Waals surface area (Å²) in [4.78, 5) is 23.3. The van der Waals surface area contributed by atoms with Gasteiger partial charge in [-0.25, -0.2) is 13.1 Å². The molecular weight excluding hydrogens is 439 g/mol. The minimum Gasteiger partial charge on any atom is -0.456 e. The molecule has 156 valence electrons. The summed E-state index contributed by atoms with van der Waals surface area (Å²) < 4.78 is 31.6. The van der Waals surface area contributed by atoms with Gasteiger partial charge in [0.1, 0.15) is 4.90 Å². The maximum atomic E-state index is 12.3. The summed E-state index contributed by atoms with van der Waals surface area (Å²) in [5, 5.41) is 2.54. The molecule has 2 N–H and O–H groups in total. The van der Waals surface area contributed by atoms with Gasteiger partial charge < -0.3 is 10.1 Å². The summed E-state index contributed by atoms with van der Waals surface area (Å²) >= 11 is 11.8. The van der Waals surface area contributed by atoms with Gasteiger partial charge in [-0.3, -0.25) is 9.59 Å². The molecule has 0 spiro atoms. The van der Waals surface area contributed by atoms with Crippen molar-refractivity contribution in [1.82, 2.24) is 4.72 Å². The third-order valence-corrected chi connectivity index (χ3v) is 6.23. The number of rotatable bonds is 9. The van der Waals surface area contributed by atoms with E-state index in [2.05, 4.69) is 10.0 Å². The smallest absolute Gasteiger partial charge is 0.307 e. The Bertz CT molecular complexity index is 958. The van der Waals surface area contributed by atoms with Crippen molar-refractivity contribution in [2.45, 2.75) is 24.7 Å². The Morgan fingerprint density at radius 2 is 1.66 bits per heavy atom. The number of ether oxygens (including phenoxy) is 1. The lowest BCUT2D eigenvalue weighted by Gasteiger charge is -2.10. The molecule has 7 nitrogen and oxygen atoms in total. The molecule has 10 heteroatoms. The molecule has 0 aliphatic heterocycles. The zero-order valence-corrected chi connectivity index (χ0v) is 17.9. The Kier molecular flexibility index (Phi) is 8.45. The Morgan fingerprint density at radius 1 is 1.03 bits per heavy atom. The molecule has 1 amide bonds. The van der Waals surface area contributed by atoms with Gasteiger partial charge in [-0.1, -0.05) is 48.3 Å². The van der Waals surface area contributed by atoms with E-state index >= 15 is 0 Å². The number of amides is 1. The molecule has 0 atom stereocenters. The summed E-state index contributed by atoms with van der Waals surface area (Å²) in [5.74, 6) is -1.22. The zero-order valence-electron chi connectivity index (χ0n) is 15.6. The van der Waals surface area contributed by atoms with Crippen LogP contribution in [0.4, 0.5) is 5.69 Å². The fourth-order valence-electron chi connectivity index (χ4n) is 2.34. The van der Waals surface area contributed by atoms with Crippen LogP contribution in [-0.4, -0.2) is 33.4 Å². The molecule has 0 bridgehead atoms. The van der Waals surface area contributed by atoms with Crippen LogP contribution in [0.25, 0.3) is 0 Å². The van der Waals surface area contributed by atoms with E-state index in [0.29, 0.717) is 5.69 Å². The molecule has 0 heterocycles. The number of benzene rings is 2. The van der Waals surface area contributed by atoms with Crippen LogP contribution in [0.15, 0.2) is 47.4 Å². The molecule has 2 aromatic carbocycles. The lowest BCUT2D eigenvalue weighted by molar-refractivity contribution is -0.147. The number of hydrogen-bond donors (Lipinski definition) is 2. The fourth-order valence-corrected chi connectivity index (χ4v) is 4.51. The van der Waals surface area contributed by atoms with Gasteiger partial charge in [-0.15, -0.1) is 0 Å². The van der Waals surface area contributed by atoms with Crippen LogP contribution >= 0.6 is 23.2 Å². The Hall–Kier alpha value is -2.13. The van der Waals surface area contributed by atoms with E-state index in [9.17, 15) is 18.0 Å². The fraction of sp³-hybridized carbons (Fsp3) is 0.263. The third kappa shape index (κ3) is 7.01. The SMILES string of the molecule is CCc1ccc(NC(=O)COC(=O)CCNS(=O)(=O)c2c(Cl)cccc2Cl)cc1. The number of aryl methyl sites for hydroxylation is 1. The number of halogens is 2. The average molecular weight is 459 g/mol. The molecule has 0 radical (unpaired) electrons. The van der Waals surface area contributed by atoms with E-state index in [1.54, 1.807) is 12.1 Å². The maximum Gasteiger partial charge on any atom is 0.307 e. The number of hydrogen-bond acceptors (Lipinski definition) is 5. The van der Waals surface area contributed by atoms with Crippen molar-refractivity contribution >= 4 is 50.8 Å². The molecule has 0 unspecified atom stereocenters. The predicted octanol–water partition coefficient (Wildman–Crippen LogP) is 3.41. The van der Waals surface area contributed by atoms with Gasteiger partial charge >= 0.3 is 5.97 Å². The lowest BCUT2D eigenvalue weighted by atomic mass is 10.1. The summed E-state index contributed by atoms with van der Waals surface area (Å²) in [5.41, 5.74) is 1.72. The zero-order chi connectivity index (χ0) is 21.4.